The zero-order valence-corrected chi connectivity index (χ0v) is 10.4. The average Bonchev–Trinajstić information content (AvgIpc) is 2.28. The summed E-state index contributed by atoms with van der Waals surface area (Å²) in [6.07, 6.45) is 0.697. The van der Waals surface area contributed by atoms with Gasteiger partial charge < -0.3 is 24.8 Å². The molecule has 0 bridgehead atoms. The van der Waals surface area contributed by atoms with Crippen molar-refractivity contribution in [2.24, 2.45) is 0 Å². The maximum Gasteiger partial charge on any atom is 0.328 e. The summed E-state index contributed by atoms with van der Waals surface area (Å²) in [5.74, 6) is -1.12. The zero-order chi connectivity index (χ0) is 13.3. The number of carbonyl (C=O) groups excluding carboxylic acids is 1. The first-order valence-corrected chi connectivity index (χ1v) is 5.25. The van der Waals surface area contributed by atoms with Gasteiger partial charge >= 0.3 is 12.0 Å². The van der Waals surface area contributed by atoms with Crippen molar-refractivity contribution < 1.29 is 24.2 Å². The fourth-order valence-corrected chi connectivity index (χ4v) is 1.15. The maximum absolute atomic E-state index is 11.6. The van der Waals surface area contributed by atoms with E-state index >= 15 is 0 Å². The van der Waals surface area contributed by atoms with Crippen molar-refractivity contribution in [3.05, 3.63) is 0 Å². The number of hydrogen-bond donors (Lipinski definition) is 2. The van der Waals surface area contributed by atoms with Crippen molar-refractivity contribution in [3.63, 3.8) is 0 Å². The third kappa shape index (κ3) is 6.75. The van der Waals surface area contributed by atoms with Crippen molar-refractivity contribution in [2.45, 2.75) is 12.5 Å². The molecule has 1 unspecified atom stereocenters. The topological polar surface area (TPSA) is 88.1 Å². The molecule has 7 heteroatoms. The number of carbonyl (C=O) groups is 2. The Morgan fingerprint density at radius 3 is 2.47 bits per heavy atom. The van der Waals surface area contributed by atoms with E-state index in [1.165, 1.54) is 12.0 Å². The number of aliphatic carboxylic acids is 1. The molecule has 1 atom stereocenters. The Hall–Kier alpha value is -1.34. The number of carboxylic acid groups (broad SMARTS) is 1. The molecule has 100 valence electrons. The molecular formula is C10H20N2O5. The Balaban J connectivity index is 4.06. The van der Waals surface area contributed by atoms with Crippen molar-refractivity contribution in [1.82, 2.24) is 10.2 Å². The molecule has 7 nitrogen and oxygen atoms in total. The van der Waals surface area contributed by atoms with E-state index in [1.807, 2.05) is 0 Å². The van der Waals surface area contributed by atoms with E-state index in [1.54, 1.807) is 14.2 Å². The van der Waals surface area contributed by atoms with Crippen LogP contribution in [0.3, 0.4) is 0 Å². The van der Waals surface area contributed by atoms with Crippen LogP contribution in [-0.2, 0) is 14.3 Å². The molecule has 0 heterocycles. The summed E-state index contributed by atoms with van der Waals surface area (Å²) in [5.41, 5.74) is 0. The fourth-order valence-electron chi connectivity index (χ4n) is 1.15. The van der Waals surface area contributed by atoms with Gasteiger partial charge in [-0.2, -0.15) is 0 Å². The second-order valence-corrected chi connectivity index (χ2v) is 3.56. The molecule has 2 amide bonds. The van der Waals surface area contributed by atoms with E-state index in [-0.39, 0.29) is 6.61 Å². The summed E-state index contributed by atoms with van der Waals surface area (Å²) >= 11 is 0. The highest BCUT2D eigenvalue weighted by Gasteiger charge is 2.21. The van der Waals surface area contributed by atoms with Crippen molar-refractivity contribution in [1.29, 1.82) is 0 Å². The van der Waals surface area contributed by atoms with E-state index in [4.69, 9.17) is 14.6 Å². The van der Waals surface area contributed by atoms with Gasteiger partial charge in [0.05, 0.1) is 6.61 Å². The van der Waals surface area contributed by atoms with E-state index in [9.17, 15) is 9.59 Å². The van der Waals surface area contributed by atoms with E-state index in [0.717, 1.165) is 0 Å². The quantitative estimate of drug-likeness (QED) is 0.579. The van der Waals surface area contributed by atoms with Crippen LogP contribution < -0.4 is 5.32 Å². The van der Waals surface area contributed by atoms with Crippen LogP contribution in [0.25, 0.3) is 0 Å². The maximum atomic E-state index is 11.6. The summed E-state index contributed by atoms with van der Waals surface area (Å²) in [4.78, 5) is 23.8. The van der Waals surface area contributed by atoms with Crippen LogP contribution in [0, 0.1) is 0 Å². The highest BCUT2D eigenvalue weighted by atomic mass is 16.5. The minimum Gasteiger partial charge on any atom is -0.480 e. The molecule has 17 heavy (non-hydrogen) atoms. The van der Waals surface area contributed by atoms with Crippen LogP contribution in [-0.4, -0.2) is 69.1 Å². The first kappa shape index (κ1) is 15.7. The van der Waals surface area contributed by atoms with Crippen molar-refractivity contribution >= 4 is 12.0 Å². The molecule has 0 aliphatic heterocycles. The Morgan fingerprint density at radius 1 is 1.35 bits per heavy atom. The largest absolute Gasteiger partial charge is 0.480 e. The smallest absolute Gasteiger partial charge is 0.328 e. The molecule has 0 aromatic carbocycles. The number of nitrogens with zero attached hydrogens (tertiary/aromatic N) is 1. The summed E-state index contributed by atoms with van der Waals surface area (Å²) in [6.45, 7) is 0.990. The second-order valence-electron chi connectivity index (χ2n) is 3.56. The molecule has 0 aliphatic rings. The second kappa shape index (κ2) is 8.77. The molecular weight excluding hydrogens is 228 g/mol. The molecule has 0 fully saturated rings. The summed E-state index contributed by atoms with van der Waals surface area (Å²) in [6, 6.07) is -1.47. The van der Waals surface area contributed by atoms with Gasteiger partial charge in [0.1, 0.15) is 0 Å². The average molecular weight is 248 g/mol. The predicted molar refractivity (Wildman–Crippen MR) is 61.0 cm³/mol. The van der Waals surface area contributed by atoms with Gasteiger partial charge in [-0.05, 0) is 6.42 Å². The van der Waals surface area contributed by atoms with Crippen LogP contribution in [0.15, 0.2) is 0 Å². The molecule has 0 aromatic rings. The van der Waals surface area contributed by atoms with Crippen molar-refractivity contribution in [2.75, 3.05) is 41.0 Å². The minimum absolute atomic E-state index is 0.0625. The van der Waals surface area contributed by atoms with Gasteiger partial charge in [0.2, 0.25) is 0 Å². The number of rotatable bonds is 8. The number of methoxy groups -OCH3 is 2. The first-order valence-electron chi connectivity index (χ1n) is 5.25. The van der Waals surface area contributed by atoms with Gasteiger partial charge in [0, 0.05) is 34.4 Å². The number of nitrogens with one attached hydrogen (secondary N) is 1. The van der Waals surface area contributed by atoms with Crippen molar-refractivity contribution in [3.8, 4) is 0 Å². The van der Waals surface area contributed by atoms with Crippen LogP contribution >= 0.6 is 0 Å². The van der Waals surface area contributed by atoms with E-state index < -0.39 is 18.0 Å². The zero-order valence-electron chi connectivity index (χ0n) is 10.4. The molecule has 2 N–H and O–H groups in total. The summed E-state index contributed by atoms with van der Waals surface area (Å²) in [7, 11) is 4.56. The highest BCUT2D eigenvalue weighted by molar-refractivity contribution is 5.82. The lowest BCUT2D eigenvalue weighted by Gasteiger charge is -2.20. The third-order valence-electron chi connectivity index (χ3n) is 2.12. The van der Waals surface area contributed by atoms with Crippen LogP contribution in [0.4, 0.5) is 4.79 Å². The number of carboxylic acids is 1. The van der Waals surface area contributed by atoms with Crippen LogP contribution in [0.2, 0.25) is 0 Å². The Kier molecular flexibility index (Phi) is 8.08. The number of ether oxygens (including phenoxy) is 2. The lowest BCUT2D eigenvalue weighted by molar-refractivity contribution is -0.140. The minimum atomic E-state index is -1.12. The molecule has 0 spiro atoms. The van der Waals surface area contributed by atoms with Gasteiger partial charge in [-0.25, -0.2) is 9.59 Å². The van der Waals surface area contributed by atoms with Gasteiger partial charge in [0.15, 0.2) is 6.04 Å². The summed E-state index contributed by atoms with van der Waals surface area (Å²) in [5, 5.41) is 11.2. The molecule has 0 aliphatic carbocycles. The third-order valence-corrected chi connectivity index (χ3v) is 2.12. The monoisotopic (exact) mass is 248 g/mol. The van der Waals surface area contributed by atoms with Gasteiger partial charge in [0.25, 0.3) is 0 Å². The molecule has 0 aromatic heterocycles. The first-order chi connectivity index (χ1) is 8.02. The normalized spacial score (nSPS) is 11.9. The standard InChI is InChI=1S/C10H20N2O5/c1-12(5-4-6-16-2)10(15)11-8(7-17-3)9(13)14/h8H,4-7H2,1-3H3,(H,11,15)(H,13,14). The van der Waals surface area contributed by atoms with Gasteiger partial charge in [-0.1, -0.05) is 0 Å². The van der Waals surface area contributed by atoms with E-state index in [0.29, 0.717) is 19.6 Å². The van der Waals surface area contributed by atoms with Crippen LogP contribution in [0.5, 0.6) is 0 Å². The van der Waals surface area contributed by atoms with Gasteiger partial charge in [-0.15, -0.1) is 0 Å². The number of amides is 2. The van der Waals surface area contributed by atoms with E-state index in [2.05, 4.69) is 5.32 Å². The number of hydrogen-bond acceptors (Lipinski definition) is 4. The van der Waals surface area contributed by atoms with Crippen LogP contribution in [0.1, 0.15) is 6.42 Å². The molecule has 0 rings (SSSR count). The Labute approximate surface area is 101 Å². The molecule has 0 saturated carbocycles. The lowest BCUT2D eigenvalue weighted by atomic mass is 10.3. The lowest BCUT2D eigenvalue weighted by Crippen LogP contribution is -2.49. The summed E-state index contributed by atoms with van der Waals surface area (Å²) < 4.78 is 9.57. The number of urea groups is 1. The SMILES string of the molecule is COCCCN(C)C(=O)NC(COC)C(=O)O. The Bertz CT molecular complexity index is 247. The van der Waals surface area contributed by atoms with Gasteiger partial charge in [-0.3, -0.25) is 0 Å². The Morgan fingerprint density at radius 2 is 2.00 bits per heavy atom. The molecule has 0 saturated heterocycles. The molecule has 0 radical (unpaired) electrons. The fraction of sp³-hybridized carbons (Fsp3) is 0.800. The highest BCUT2D eigenvalue weighted by Crippen LogP contribution is 1.92. The predicted octanol–water partition coefficient (Wildman–Crippen LogP) is -0.236.